The summed E-state index contributed by atoms with van der Waals surface area (Å²) in [6, 6.07) is 4.11. The Balaban J connectivity index is 1.71. The third-order valence-corrected chi connectivity index (χ3v) is 3.42. The maximum Gasteiger partial charge on any atom is 0.224 e. The highest BCUT2D eigenvalue weighted by Gasteiger charge is 2.05. The molecular weight excluding hydrogens is 281 g/mol. The van der Waals surface area contributed by atoms with Gasteiger partial charge in [0.25, 0.3) is 0 Å². The molecule has 0 bridgehead atoms. The number of rotatable bonds is 6. The Kier molecular flexibility index (Phi) is 4.94. The van der Waals surface area contributed by atoms with Gasteiger partial charge >= 0.3 is 0 Å². The van der Waals surface area contributed by atoms with E-state index in [9.17, 15) is 9.18 Å². The normalized spacial score (nSPS) is 10.4. The van der Waals surface area contributed by atoms with Gasteiger partial charge in [0.2, 0.25) is 5.91 Å². The summed E-state index contributed by atoms with van der Waals surface area (Å²) in [5, 5.41) is 9.86. The number of halogens is 1. The molecule has 8 heteroatoms. The molecule has 1 aromatic carbocycles. The van der Waals surface area contributed by atoms with Gasteiger partial charge in [0.15, 0.2) is 5.16 Å². The van der Waals surface area contributed by atoms with Crippen molar-refractivity contribution in [2.45, 2.75) is 18.0 Å². The number of hydrogen-bond acceptors (Lipinski definition) is 5. The van der Waals surface area contributed by atoms with E-state index in [1.165, 1.54) is 36.3 Å². The van der Waals surface area contributed by atoms with Gasteiger partial charge < -0.3 is 11.1 Å². The van der Waals surface area contributed by atoms with Crippen molar-refractivity contribution in [2.24, 2.45) is 0 Å². The van der Waals surface area contributed by atoms with Crippen LogP contribution in [0.1, 0.15) is 12.8 Å². The van der Waals surface area contributed by atoms with Crippen LogP contribution in [-0.4, -0.2) is 26.8 Å². The summed E-state index contributed by atoms with van der Waals surface area (Å²) >= 11 is 1.50. The van der Waals surface area contributed by atoms with Gasteiger partial charge in [-0.25, -0.2) is 9.37 Å². The van der Waals surface area contributed by atoms with E-state index >= 15 is 0 Å². The molecule has 4 N–H and O–H groups in total. The Morgan fingerprint density at radius 2 is 2.35 bits per heavy atom. The number of H-pyrrole nitrogens is 1. The molecule has 0 aliphatic carbocycles. The van der Waals surface area contributed by atoms with Gasteiger partial charge in [0, 0.05) is 17.9 Å². The Bertz CT molecular complexity index is 575. The SMILES string of the molecule is Nc1cc(NC(=O)CCCSc2ncn[nH]2)ccc1F. The number of carbonyl (C=O) groups is 1. The summed E-state index contributed by atoms with van der Waals surface area (Å²) in [5.41, 5.74) is 5.94. The molecule has 0 spiro atoms. The Morgan fingerprint density at radius 3 is 3.05 bits per heavy atom. The molecule has 0 unspecified atom stereocenters. The lowest BCUT2D eigenvalue weighted by Crippen LogP contribution is -2.11. The molecule has 0 saturated carbocycles. The molecule has 2 aromatic rings. The molecule has 106 valence electrons. The summed E-state index contributed by atoms with van der Waals surface area (Å²) in [4.78, 5) is 15.6. The molecule has 1 heterocycles. The highest BCUT2D eigenvalue weighted by molar-refractivity contribution is 7.99. The maximum atomic E-state index is 13.0. The van der Waals surface area contributed by atoms with Crippen molar-refractivity contribution in [2.75, 3.05) is 16.8 Å². The van der Waals surface area contributed by atoms with Crippen LogP contribution in [0.15, 0.2) is 29.7 Å². The molecular formula is C12H14FN5OS. The van der Waals surface area contributed by atoms with E-state index in [-0.39, 0.29) is 11.6 Å². The lowest BCUT2D eigenvalue weighted by molar-refractivity contribution is -0.116. The van der Waals surface area contributed by atoms with Crippen molar-refractivity contribution in [3.05, 3.63) is 30.3 Å². The molecule has 0 radical (unpaired) electrons. The number of nitrogens with one attached hydrogen (secondary N) is 2. The molecule has 0 atom stereocenters. The van der Waals surface area contributed by atoms with E-state index in [1.54, 1.807) is 0 Å². The maximum absolute atomic E-state index is 13.0. The van der Waals surface area contributed by atoms with Gasteiger partial charge in [-0.1, -0.05) is 11.8 Å². The average Bonchev–Trinajstić information content (AvgIpc) is 2.92. The standard InChI is InChI=1S/C12H14FN5OS/c13-9-4-3-8(6-10(9)14)17-11(19)2-1-5-20-12-15-7-16-18-12/h3-4,6-7H,1-2,5,14H2,(H,17,19)(H,15,16,18). The molecule has 0 fully saturated rings. The number of nitrogens with two attached hydrogens (primary N) is 1. The van der Waals surface area contributed by atoms with E-state index in [2.05, 4.69) is 20.5 Å². The van der Waals surface area contributed by atoms with Gasteiger partial charge in [-0.2, -0.15) is 5.10 Å². The first-order valence-corrected chi connectivity index (χ1v) is 6.97. The van der Waals surface area contributed by atoms with Crippen LogP contribution in [0.25, 0.3) is 0 Å². The average molecular weight is 295 g/mol. The van der Waals surface area contributed by atoms with Crippen LogP contribution < -0.4 is 11.1 Å². The number of nitrogens with zero attached hydrogens (tertiary/aromatic N) is 2. The molecule has 20 heavy (non-hydrogen) atoms. The van der Waals surface area contributed by atoms with Crippen LogP contribution in [0.2, 0.25) is 0 Å². The zero-order chi connectivity index (χ0) is 14.4. The summed E-state index contributed by atoms with van der Waals surface area (Å²) in [6.45, 7) is 0. The molecule has 0 aliphatic rings. The van der Waals surface area contributed by atoms with Gasteiger partial charge in [-0.15, -0.1) is 0 Å². The van der Waals surface area contributed by atoms with E-state index in [1.807, 2.05) is 0 Å². The molecule has 1 aromatic heterocycles. The fourth-order valence-corrected chi connectivity index (χ4v) is 2.23. The van der Waals surface area contributed by atoms with E-state index in [0.717, 1.165) is 10.9 Å². The predicted molar refractivity (Wildman–Crippen MR) is 75.8 cm³/mol. The van der Waals surface area contributed by atoms with Gasteiger partial charge in [-0.05, 0) is 24.6 Å². The van der Waals surface area contributed by atoms with Crippen molar-refractivity contribution in [3.8, 4) is 0 Å². The number of nitrogen functional groups attached to an aromatic ring is 1. The van der Waals surface area contributed by atoms with Crippen LogP contribution in [-0.2, 0) is 4.79 Å². The predicted octanol–water partition coefficient (Wildman–Crippen LogP) is 2.04. The highest BCUT2D eigenvalue weighted by atomic mass is 32.2. The van der Waals surface area contributed by atoms with E-state index in [4.69, 9.17) is 5.73 Å². The van der Waals surface area contributed by atoms with Crippen molar-refractivity contribution in [3.63, 3.8) is 0 Å². The number of hydrogen-bond donors (Lipinski definition) is 3. The number of amides is 1. The van der Waals surface area contributed by atoms with Crippen molar-refractivity contribution < 1.29 is 9.18 Å². The second kappa shape index (κ2) is 6.90. The van der Waals surface area contributed by atoms with Gasteiger partial charge in [0.1, 0.15) is 12.1 Å². The summed E-state index contributed by atoms with van der Waals surface area (Å²) < 4.78 is 13.0. The minimum absolute atomic E-state index is 0.0173. The highest BCUT2D eigenvalue weighted by Crippen LogP contribution is 2.17. The van der Waals surface area contributed by atoms with E-state index < -0.39 is 5.82 Å². The third-order valence-electron chi connectivity index (χ3n) is 2.46. The first-order valence-electron chi connectivity index (χ1n) is 5.98. The molecule has 2 rings (SSSR count). The lowest BCUT2D eigenvalue weighted by atomic mass is 10.2. The zero-order valence-corrected chi connectivity index (χ0v) is 11.4. The summed E-state index contributed by atoms with van der Waals surface area (Å²) in [7, 11) is 0. The molecule has 0 aliphatic heterocycles. The summed E-state index contributed by atoms with van der Waals surface area (Å²) in [5.74, 6) is 0.134. The van der Waals surface area contributed by atoms with Crippen LogP contribution in [0, 0.1) is 5.82 Å². The van der Waals surface area contributed by atoms with Gasteiger partial charge in [0.05, 0.1) is 5.69 Å². The van der Waals surface area contributed by atoms with Crippen LogP contribution >= 0.6 is 11.8 Å². The van der Waals surface area contributed by atoms with Crippen molar-refractivity contribution >= 4 is 29.0 Å². The first kappa shape index (κ1) is 14.3. The van der Waals surface area contributed by atoms with Crippen molar-refractivity contribution in [1.82, 2.24) is 15.2 Å². The third kappa shape index (κ3) is 4.23. The first-order chi connectivity index (χ1) is 9.65. The van der Waals surface area contributed by atoms with E-state index in [0.29, 0.717) is 18.5 Å². The fourth-order valence-electron chi connectivity index (χ4n) is 1.51. The number of carbonyl (C=O) groups excluding carboxylic acids is 1. The Labute approximate surface area is 119 Å². The summed E-state index contributed by atoms with van der Waals surface area (Å²) in [6.07, 6.45) is 2.51. The number of aromatic nitrogens is 3. The largest absolute Gasteiger partial charge is 0.396 e. The van der Waals surface area contributed by atoms with Crippen LogP contribution in [0.4, 0.5) is 15.8 Å². The Hall–Kier alpha value is -2.09. The minimum Gasteiger partial charge on any atom is -0.396 e. The number of aromatic amines is 1. The topological polar surface area (TPSA) is 96.7 Å². The quantitative estimate of drug-likeness (QED) is 0.430. The second-order valence-corrected chi connectivity index (χ2v) is 5.11. The molecule has 6 nitrogen and oxygen atoms in total. The fraction of sp³-hybridized carbons (Fsp3) is 0.250. The number of benzene rings is 1. The van der Waals surface area contributed by atoms with Crippen LogP contribution in [0.5, 0.6) is 0 Å². The Morgan fingerprint density at radius 1 is 1.50 bits per heavy atom. The lowest BCUT2D eigenvalue weighted by Gasteiger charge is -2.06. The second-order valence-electron chi connectivity index (χ2n) is 4.03. The molecule has 0 saturated heterocycles. The number of anilines is 2. The number of thioether (sulfide) groups is 1. The zero-order valence-electron chi connectivity index (χ0n) is 10.6. The van der Waals surface area contributed by atoms with Gasteiger partial charge in [-0.3, -0.25) is 9.89 Å². The molecule has 1 amide bonds. The smallest absolute Gasteiger partial charge is 0.224 e. The minimum atomic E-state index is -0.494. The van der Waals surface area contributed by atoms with Crippen molar-refractivity contribution in [1.29, 1.82) is 0 Å². The van der Waals surface area contributed by atoms with Crippen LogP contribution in [0.3, 0.4) is 0 Å². The monoisotopic (exact) mass is 295 g/mol.